The summed E-state index contributed by atoms with van der Waals surface area (Å²) in [5, 5.41) is 8.94. The number of carbonyl (C=O) groups is 2. The molecule has 0 bridgehead atoms. The van der Waals surface area contributed by atoms with Crippen LogP contribution in [0.2, 0.25) is 0 Å². The van der Waals surface area contributed by atoms with E-state index in [2.05, 4.69) is 6.07 Å². The number of hydrogen-bond donors (Lipinski definition) is 0. The van der Waals surface area contributed by atoms with E-state index < -0.39 is 0 Å². The van der Waals surface area contributed by atoms with Gasteiger partial charge in [0.2, 0.25) is 5.91 Å². The van der Waals surface area contributed by atoms with Gasteiger partial charge in [-0.15, -0.1) is 0 Å². The summed E-state index contributed by atoms with van der Waals surface area (Å²) in [5.41, 5.74) is 1.71. The van der Waals surface area contributed by atoms with Crippen molar-refractivity contribution in [2.45, 2.75) is 19.8 Å². The fourth-order valence-electron chi connectivity index (χ4n) is 2.37. The quantitative estimate of drug-likeness (QED) is 0.853. The van der Waals surface area contributed by atoms with Gasteiger partial charge in [-0.1, -0.05) is 30.0 Å². The number of benzene rings is 1. The molecule has 1 heterocycles. The minimum atomic E-state index is 0.0736. The highest BCUT2D eigenvalue weighted by Crippen LogP contribution is 2.30. The molecule has 1 aliphatic heterocycles. The van der Waals surface area contributed by atoms with Gasteiger partial charge in [0.15, 0.2) is 5.12 Å². The Morgan fingerprint density at radius 2 is 2.25 bits per heavy atom. The van der Waals surface area contributed by atoms with Crippen LogP contribution in [0.1, 0.15) is 18.9 Å². The van der Waals surface area contributed by atoms with E-state index >= 15 is 0 Å². The number of hydrogen-bond acceptors (Lipinski definition) is 4. The van der Waals surface area contributed by atoms with Gasteiger partial charge in [-0.3, -0.25) is 9.59 Å². The molecular formula is C15H16N2O2S. The smallest absolute Gasteiger partial charge is 0.227 e. The van der Waals surface area contributed by atoms with Crippen LogP contribution in [0.4, 0.5) is 5.69 Å². The number of thioether (sulfide) groups is 1. The Hall–Kier alpha value is -1.80. The molecule has 1 aromatic rings. The van der Waals surface area contributed by atoms with Crippen molar-refractivity contribution in [2.24, 2.45) is 5.92 Å². The van der Waals surface area contributed by atoms with E-state index in [0.717, 1.165) is 11.3 Å². The van der Waals surface area contributed by atoms with Gasteiger partial charge in [-0.2, -0.15) is 5.26 Å². The third kappa shape index (κ3) is 3.40. The molecule has 1 fully saturated rings. The summed E-state index contributed by atoms with van der Waals surface area (Å²) in [6.45, 7) is 2.17. The van der Waals surface area contributed by atoms with Gasteiger partial charge < -0.3 is 4.90 Å². The molecule has 2 rings (SSSR count). The van der Waals surface area contributed by atoms with Crippen LogP contribution in [-0.2, 0) is 16.0 Å². The van der Waals surface area contributed by atoms with Crippen molar-refractivity contribution in [3.05, 3.63) is 29.8 Å². The van der Waals surface area contributed by atoms with Crippen molar-refractivity contribution in [1.82, 2.24) is 0 Å². The van der Waals surface area contributed by atoms with Gasteiger partial charge in [-0.25, -0.2) is 0 Å². The molecule has 1 atom stereocenters. The van der Waals surface area contributed by atoms with E-state index in [-0.39, 0.29) is 16.9 Å². The molecule has 20 heavy (non-hydrogen) atoms. The van der Waals surface area contributed by atoms with Gasteiger partial charge in [0.1, 0.15) is 0 Å². The topological polar surface area (TPSA) is 61.2 Å². The lowest BCUT2D eigenvalue weighted by atomic mass is 10.1. The summed E-state index contributed by atoms with van der Waals surface area (Å²) >= 11 is 1.27. The Labute approximate surface area is 122 Å². The predicted octanol–water partition coefficient (Wildman–Crippen LogP) is 2.39. The second-order valence-corrected chi connectivity index (χ2v) is 6.04. The zero-order valence-electron chi connectivity index (χ0n) is 11.3. The van der Waals surface area contributed by atoms with E-state index in [1.54, 1.807) is 11.8 Å². The fourth-order valence-corrected chi connectivity index (χ4v) is 3.06. The highest BCUT2D eigenvalue weighted by atomic mass is 32.2. The lowest BCUT2D eigenvalue weighted by Crippen LogP contribution is -2.25. The molecule has 1 unspecified atom stereocenters. The zero-order valence-corrected chi connectivity index (χ0v) is 12.2. The Morgan fingerprint density at radius 1 is 1.50 bits per heavy atom. The maximum absolute atomic E-state index is 12.1. The first-order valence-electron chi connectivity index (χ1n) is 6.50. The minimum absolute atomic E-state index is 0.0736. The maximum atomic E-state index is 12.1. The molecule has 0 aliphatic carbocycles. The Balaban J connectivity index is 2.12. The Bertz CT molecular complexity index is 565. The van der Waals surface area contributed by atoms with Crippen molar-refractivity contribution >= 4 is 28.5 Å². The molecule has 0 spiro atoms. The van der Waals surface area contributed by atoms with Crippen LogP contribution >= 0.6 is 11.8 Å². The first kappa shape index (κ1) is 14.6. The molecule has 1 aliphatic rings. The standard InChI is InChI=1S/C15H16N2O2S/c1-11(18)20-10-12-8-15(19)17(9-12)14-5-3-2-4-13(14)6-7-16/h2-5,12H,6,8-10H2,1H3. The Morgan fingerprint density at radius 3 is 2.95 bits per heavy atom. The predicted molar refractivity (Wildman–Crippen MR) is 79.4 cm³/mol. The van der Waals surface area contributed by atoms with Crippen LogP contribution in [0, 0.1) is 17.2 Å². The zero-order chi connectivity index (χ0) is 14.5. The monoisotopic (exact) mass is 288 g/mol. The van der Waals surface area contributed by atoms with Gasteiger partial charge in [0.05, 0.1) is 12.5 Å². The number of nitrogens with zero attached hydrogens (tertiary/aromatic N) is 2. The Kier molecular flexibility index (Phi) is 4.80. The molecule has 1 amide bonds. The molecule has 104 valence electrons. The number of amides is 1. The molecule has 0 N–H and O–H groups in total. The molecule has 1 saturated heterocycles. The van der Waals surface area contributed by atoms with E-state index in [9.17, 15) is 9.59 Å². The molecule has 0 saturated carbocycles. The minimum Gasteiger partial charge on any atom is -0.312 e. The first-order chi connectivity index (χ1) is 9.61. The highest BCUT2D eigenvalue weighted by molar-refractivity contribution is 8.13. The van der Waals surface area contributed by atoms with Crippen molar-refractivity contribution in [3.8, 4) is 6.07 Å². The van der Waals surface area contributed by atoms with Gasteiger partial charge in [0.25, 0.3) is 0 Å². The number of rotatable bonds is 4. The molecule has 5 heteroatoms. The number of para-hydroxylation sites is 1. The number of nitriles is 1. The number of anilines is 1. The normalized spacial score (nSPS) is 18.1. The maximum Gasteiger partial charge on any atom is 0.227 e. The lowest BCUT2D eigenvalue weighted by Gasteiger charge is -2.19. The molecule has 0 radical (unpaired) electrons. The van der Waals surface area contributed by atoms with Crippen molar-refractivity contribution in [3.63, 3.8) is 0 Å². The third-order valence-electron chi connectivity index (χ3n) is 3.28. The largest absolute Gasteiger partial charge is 0.312 e. The van der Waals surface area contributed by atoms with E-state index in [1.165, 1.54) is 11.8 Å². The van der Waals surface area contributed by atoms with E-state index in [0.29, 0.717) is 25.1 Å². The SMILES string of the molecule is CC(=O)SCC1CC(=O)N(c2ccccc2CC#N)C1. The van der Waals surface area contributed by atoms with Crippen LogP contribution < -0.4 is 4.90 Å². The van der Waals surface area contributed by atoms with E-state index in [4.69, 9.17) is 5.26 Å². The molecule has 4 nitrogen and oxygen atoms in total. The van der Waals surface area contributed by atoms with Crippen molar-refractivity contribution in [2.75, 3.05) is 17.2 Å². The van der Waals surface area contributed by atoms with Gasteiger partial charge in [0, 0.05) is 31.3 Å². The fraction of sp³-hybridized carbons (Fsp3) is 0.400. The second kappa shape index (κ2) is 6.58. The third-order valence-corrected chi connectivity index (χ3v) is 4.32. The summed E-state index contributed by atoms with van der Waals surface area (Å²) in [6, 6.07) is 9.64. The van der Waals surface area contributed by atoms with Crippen molar-refractivity contribution in [1.29, 1.82) is 5.26 Å². The van der Waals surface area contributed by atoms with E-state index in [1.807, 2.05) is 24.3 Å². The van der Waals surface area contributed by atoms with Crippen LogP contribution in [0.5, 0.6) is 0 Å². The second-order valence-electron chi connectivity index (χ2n) is 4.84. The van der Waals surface area contributed by atoms with Crippen molar-refractivity contribution < 1.29 is 9.59 Å². The average Bonchev–Trinajstić information content (AvgIpc) is 2.79. The van der Waals surface area contributed by atoms with Gasteiger partial charge in [-0.05, 0) is 17.5 Å². The highest BCUT2D eigenvalue weighted by Gasteiger charge is 2.31. The molecular weight excluding hydrogens is 272 g/mol. The molecule has 1 aromatic carbocycles. The average molecular weight is 288 g/mol. The van der Waals surface area contributed by atoms with Crippen LogP contribution in [-0.4, -0.2) is 23.3 Å². The summed E-state index contributed by atoms with van der Waals surface area (Å²) in [4.78, 5) is 24.9. The summed E-state index contributed by atoms with van der Waals surface area (Å²) < 4.78 is 0. The van der Waals surface area contributed by atoms with Crippen LogP contribution in [0.3, 0.4) is 0 Å². The first-order valence-corrected chi connectivity index (χ1v) is 7.49. The summed E-state index contributed by atoms with van der Waals surface area (Å²) in [5.74, 6) is 0.953. The summed E-state index contributed by atoms with van der Waals surface area (Å²) in [7, 11) is 0. The number of carbonyl (C=O) groups excluding carboxylic acids is 2. The van der Waals surface area contributed by atoms with Crippen LogP contribution in [0.15, 0.2) is 24.3 Å². The van der Waals surface area contributed by atoms with Crippen LogP contribution in [0.25, 0.3) is 0 Å². The molecule has 0 aromatic heterocycles. The lowest BCUT2D eigenvalue weighted by molar-refractivity contribution is -0.117. The summed E-state index contributed by atoms with van der Waals surface area (Å²) in [6.07, 6.45) is 0.772. The van der Waals surface area contributed by atoms with Gasteiger partial charge >= 0.3 is 0 Å².